The lowest BCUT2D eigenvalue weighted by molar-refractivity contribution is 0.308. The van der Waals surface area contributed by atoms with Crippen molar-refractivity contribution in [2.45, 2.75) is 0 Å². The molecule has 1 N–H and O–H groups in total. The molecule has 0 aromatic heterocycles. The van der Waals surface area contributed by atoms with E-state index in [2.05, 4.69) is 21.4 Å². The molecule has 0 saturated heterocycles. The first-order chi connectivity index (χ1) is 5.36. The van der Waals surface area contributed by atoms with Crippen LogP contribution in [0.15, 0.2) is 28.1 Å². The second-order valence-electron chi connectivity index (χ2n) is 1.86. The minimum atomic E-state index is 0.656. The fraction of sp³-hybridized carbons (Fsp3) is 0.286. The lowest BCUT2D eigenvalue weighted by Crippen LogP contribution is -2.15. The quantitative estimate of drug-likeness (QED) is 0.585. The SMILES string of the molecule is CNC1=NN=C=CC(OC)=C1. The Balaban J connectivity index is 2.88. The average Bonchev–Trinajstić information content (AvgIpc) is 2.28. The van der Waals surface area contributed by atoms with Gasteiger partial charge in [0.15, 0.2) is 5.84 Å². The van der Waals surface area contributed by atoms with Crippen molar-refractivity contribution >= 4 is 11.7 Å². The molecule has 0 unspecified atom stereocenters. The number of rotatable bonds is 1. The summed E-state index contributed by atoms with van der Waals surface area (Å²) in [6.07, 6.45) is 3.36. The fourth-order valence-electron chi connectivity index (χ4n) is 0.621. The molecular weight excluding hydrogens is 142 g/mol. The molecule has 0 spiro atoms. The molecule has 0 radical (unpaired) electrons. The van der Waals surface area contributed by atoms with Crippen LogP contribution < -0.4 is 5.32 Å². The standard InChI is InChI=1S/C7H9N3O/c1-8-7-5-6(11-2)3-4-9-10-7/h3,5H,1-2H3,(H,8,10). The summed E-state index contributed by atoms with van der Waals surface area (Å²) in [5.74, 6) is 3.93. The molecule has 1 rings (SSSR count). The van der Waals surface area contributed by atoms with Crippen LogP contribution in [0.25, 0.3) is 0 Å². The van der Waals surface area contributed by atoms with Gasteiger partial charge < -0.3 is 10.1 Å². The Labute approximate surface area is 65.0 Å². The van der Waals surface area contributed by atoms with Crippen molar-refractivity contribution in [3.05, 3.63) is 17.9 Å². The van der Waals surface area contributed by atoms with E-state index < -0.39 is 0 Å². The molecule has 0 atom stereocenters. The lowest BCUT2D eigenvalue weighted by atomic mass is 10.4. The van der Waals surface area contributed by atoms with E-state index in [4.69, 9.17) is 4.74 Å². The molecule has 4 nitrogen and oxygen atoms in total. The van der Waals surface area contributed by atoms with Crippen molar-refractivity contribution in [3.8, 4) is 0 Å². The highest BCUT2D eigenvalue weighted by Crippen LogP contribution is 1.97. The molecule has 1 heterocycles. The van der Waals surface area contributed by atoms with Gasteiger partial charge in [-0.2, -0.15) is 0 Å². The number of ether oxygens (including phenoxy) is 1. The topological polar surface area (TPSA) is 46.0 Å². The molecule has 0 fully saturated rings. The molecular formula is C7H9N3O. The maximum Gasteiger partial charge on any atom is 0.152 e. The number of nitrogens with zero attached hydrogens (tertiary/aromatic N) is 2. The number of methoxy groups -OCH3 is 1. The number of hydrogen-bond donors (Lipinski definition) is 1. The predicted octanol–water partition coefficient (Wildman–Crippen LogP) is 0.289. The van der Waals surface area contributed by atoms with Crippen LogP contribution in [0, 0.1) is 0 Å². The van der Waals surface area contributed by atoms with Crippen LogP contribution >= 0.6 is 0 Å². The molecule has 0 saturated carbocycles. The fourth-order valence-corrected chi connectivity index (χ4v) is 0.621. The number of allylic oxidation sites excluding steroid dienone is 1. The van der Waals surface area contributed by atoms with Gasteiger partial charge in [-0.15, -0.1) is 10.2 Å². The molecule has 58 valence electrons. The second kappa shape index (κ2) is 3.58. The van der Waals surface area contributed by atoms with E-state index in [-0.39, 0.29) is 0 Å². The van der Waals surface area contributed by atoms with E-state index in [1.165, 1.54) is 0 Å². The molecule has 0 aliphatic carbocycles. The number of nitrogens with one attached hydrogen (secondary N) is 1. The summed E-state index contributed by atoms with van der Waals surface area (Å²) in [5, 5.41) is 10.2. The van der Waals surface area contributed by atoms with Gasteiger partial charge in [-0.05, 0) is 0 Å². The Morgan fingerprint density at radius 1 is 1.64 bits per heavy atom. The normalized spacial score (nSPS) is 15.1. The van der Waals surface area contributed by atoms with Crippen molar-refractivity contribution in [1.82, 2.24) is 5.32 Å². The van der Waals surface area contributed by atoms with Gasteiger partial charge in [0.25, 0.3) is 0 Å². The van der Waals surface area contributed by atoms with Gasteiger partial charge in [0.05, 0.1) is 7.11 Å². The zero-order chi connectivity index (χ0) is 8.10. The Morgan fingerprint density at radius 2 is 2.45 bits per heavy atom. The van der Waals surface area contributed by atoms with Crippen molar-refractivity contribution in [2.75, 3.05) is 14.2 Å². The van der Waals surface area contributed by atoms with E-state index in [1.807, 2.05) is 0 Å². The van der Waals surface area contributed by atoms with Crippen LogP contribution in [0.2, 0.25) is 0 Å². The third-order valence-corrected chi connectivity index (χ3v) is 1.19. The Morgan fingerprint density at radius 3 is 3.09 bits per heavy atom. The molecule has 0 bridgehead atoms. The van der Waals surface area contributed by atoms with E-state index >= 15 is 0 Å². The summed E-state index contributed by atoms with van der Waals surface area (Å²) >= 11 is 0. The summed E-state index contributed by atoms with van der Waals surface area (Å²) in [7, 11) is 3.35. The molecule has 0 aromatic rings. The summed E-state index contributed by atoms with van der Waals surface area (Å²) < 4.78 is 4.97. The summed E-state index contributed by atoms with van der Waals surface area (Å²) in [6.45, 7) is 0. The highest BCUT2D eigenvalue weighted by molar-refractivity contribution is 5.94. The highest BCUT2D eigenvalue weighted by atomic mass is 16.5. The Kier molecular flexibility index (Phi) is 2.47. The number of amidine groups is 1. The summed E-state index contributed by atoms with van der Waals surface area (Å²) in [5.41, 5.74) is 0. The first-order valence-electron chi connectivity index (χ1n) is 3.16. The van der Waals surface area contributed by atoms with Gasteiger partial charge in [0.2, 0.25) is 0 Å². The maximum atomic E-state index is 4.97. The van der Waals surface area contributed by atoms with Crippen molar-refractivity contribution in [2.24, 2.45) is 10.2 Å². The van der Waals surface area contributed by atoms with Crippen molar-refractivity contribution < 1.29 is 4.74 Å². The zero-order valence-corrected chi connectivity index (χ0v) is 6.46. The second-order valence-corrected chi connectivity index (χ2v) is 1.86. The number of likely N-dealkylation sites (N-methyl/N-ethyl adjacent to an activating group) is 1. The smallest absolute Gasteiger partial charge is 0.152 e. The van der Waals surface area contributed by atoms with Gasteiger partial charge in [0, 0.05) is 25.1 Å². The zero-order valence-electron chi connectivity index (χ0n) is 6.46. The van der Waals surface area contributed by atoms with Gasteiger partial charge in [-0.25, -0.2) is 0 Å². The maximum absolute atomic E-state index is 4.97. The van der Waals surface area contributed by atoms with E-state index in [9.17, 15) is 0 Å². The van der Waals surface area contributed by atoms with Crippen LogP contribution in [0.5, 0.6) is 0 Å². The summed E-state index contributed by atoms with van der Waals surface area (Å²) in [6, 6.07) is 0. The van der Waals surface area contributed by atoms with Crippen LogP contribution in [0.1, 0.15) is 0 Å². The molecule has 1 aliphatic heterocycles. The van der Waals surface area contributed by atoms with Crippen LogP contribution in [0.3, 0.4) is 0 Å². The van der Waals surface area contributed by atoms with Crippen LogP contribution in [-0.2, 0) is 4.74 Å². The monoisotopic (exact) mass is 151 g/mol. The third kappa shape index (κ3) is 1.95. The molecule has 1 aliphatic rings. The first kappa shape index (κ1) is 7.57. The largest absolute Gasteiger partial charge is 0.496 e. The lowest BCUT2D eigenvalue weighted by Gasteiger charge is -1.98. The molecule has 0 aromatic carbocycles. The van der Waals surface area contributed by atoms with E-state index in [0.29, 0.717) is 11.6 Å². The van der Waals surface area contributed by atoms with Crippen molar-refractivity contribution in [3.63, 3.8) is 0 Å². The van der Waals surface area contributed by atoms with Gasteiger partial charge in [-0.3, -0.25) is 0 Å². The molecule has 4 heteroatoms. The minimum Gasteiger partial charge on any atom is -0.496 e. The molecule has 0 amide bonds. The minimum absolute atomic E-state index is 0.656. The van der Waals surface area contributed by atoms with Crippen molar-refractivity contribution in [1.29, 1.82) is 0 Å². The highest BCUT2D eigenvalue weighted by Gasteiger charge is 1.96. The average molecular weight is 151 g/mol. The van der Waals surface area contributed by atoms with E-state index in [0.717, 1.165) is 0 Å². The van der Waals surface area contributed by atoms with Crippen LogP contribution in [-0.4, -0.2) is 25.9 Å². The number of hydrogen-bond acceptors (Lipinski definition) is 4. The Bertz CT molecular complexity index is 259. The summed E-state index contributed by atoms with van der Waals surface area (Å²) in [4.78, 5) is 0. The molecule has 11 heavy (non-hydrogen) atoms. The van der Waals surface area contributed by atoms with Gasteiger partial charge in [-0.1, -0.05) is 0 Å². The van der Waals surface area contributed by atoms with E-state index in [1.54, 1.807) is 26.3 Å². The van der Waals surface area contributed by atoms with Gasteiger partial charge >= 0.3 is 0 Å². The third-order valence-electron chi connectivity index (χ3n) is 1.19. The predicted molar refractivity (Wildman–Crippen MR) is 43.6 cm³/mol. The first-order valence-corrected chi connectivity index (χ1v) is 3.16. The van der Waals surface area contributed by atoms with Crippen LogP contribution in [0.4, 0.5) is 0 Å². The Hall–Kier alpha value is -1.54. The van der Waals surface area contributed by atoms with Gasteiger partial charge in [0.1, 0.15) is 5.76 Å².